The van der Waals surface area contributed by atoms with E-state index in [-0.39, 0.29) is 12.5 Å². The van der Waals surface area contributed by atoms with Gasteiger partial charge in [-0.3, -0.25) is 4.79 Å². The average Bonchev–Trinajstić information content (AvgIpc) is 2.73. The van der Waals surface area contributed by atoms with Gasteiger partial charge in [-0.2, -0.15) is 0 Å². The molecule has 0 atom stereocenters. The molecule has 2 rings (SSSR count). The molecule has 4 heteroatoms. The molecule has 0 radical (unpaired) electrons. The van der Waals surface area contributed by atoms with Crippen molar-refractivity contribution in [3.63, 3.8) is 0 Å². The molecular formula is C8H11N3O. The molecule has 1 aliphatic rings. The first kappa shape index (κ1) is 7.34. The molecule has 64 valence electrons. The van der Waals surface area contributed by atoms with E-state index in [1.54, 1.807) is 12.4 Å². The molecule has 1 aliphatic carbocycles. The van der Waals surface area contributed by atoms with Crippen LogP contribution < -0.4 is 5.73 Å². The van der Waals surface area contributed by atoms with Gasteiger partial charge in [0, 0.05) is 18.3 Å². The number of rotatable bonds is 3. The number of imidazole rings is 1. The fourth-order valence-corrected chi connectivity index (χ4v) is 1.32. The van der Waals surface area contributed by atoms with Gasteiger partial charge in [-0.25, -0.2) is 4.98 Å². The number of nitrogens with zero attached hydrogens (tertiary/aromatic N) is 2. The predicted octanol–water partition coefficient (Wildman–Crippen LogP) is 0.246. The summed E-state index contributed by atoms with van der Waals surface area (Å²) < 4.78 is 1.83. The van der Waals surface area contributed by atoms with Crippen molar-refractivity contribution in [2.45, 2.75) is 25.3 Å². The number of hydrogen-bond donors (Lipinski definition) is 1. The normalized spacial score (nSPS) is 16.3. The standard InChI is InChI=1S/C8H11N3O/c9-7(12)5-11-4-3-10-8(11)6-1-2-6/h3-4,6H,1-2,5H2,(H2,9,12). The number of carbonyl (C=O) groups excluding carboxylic acids is 1. The van der Waals surface area contributed by atoms with Gasteiger partial charge in [-0.15, -0.1) is 0 Å². The minimum Gasteiger partial charge on any atom is -0.368 e. The van der Waals surface area contributed by atoms with E-state index in [4.69, 9.17) is 5.73 Å². The van der Waals surface area contributed by atoms with Gasteiger partial charge in [0.2, 0.25) is 5.91 Å². The number of amides is 1. The van der Waals surface area contributed by atoms with Crippen LogP contribution >= 0.6 is 0 Å². The van der Waals surface area contributed by atoms with E-state index in [0.717, 1.165) is 5.82 Å². The number of nitrogens with two attached hydrogens (primary N) is 1. The lowest BCUT2D eigenvalue weighted by molar-refractivity contribution is -0.118. The van der Waals surface area contributed by atoms with Crippen LogP contribution in [0.3, 0.4) is 0 Å². The number of hydrogen-bond acceptors (Lipinski definition) is 2. The number of carbonyl (C=O) groups is 1. The summed E-state index contributed by atoms with van der Waals surface area (Å²) in [6.07, 6.45) is 5.90. The van der Waals surface area contributed by atoms with E-state index in [9.17, 15) is 4.79 Å². The molecule has 12 heavy (non-hydrogen) atoms. The zero-order valence-corrected chi connectivity index (χ0v) is 6.73. The largest absolute Gasteiger partial charge is 0.368 e. The second-order valence-electron chi connectivity index (χ2n) is 3.15. The Labute approximate surface area is 70.4 Å². The molecule has 1 aromatic heterocycles. The van der Waals surface area contributed by atoms with Crippen molar-refractivity contribution >= 4 is 5.91 Å². The minimum absolute atomic E-state index is 0.256. The van der Waals surface area contributed by atoms with E-state index >= 15 is 0 Å². The molecule has 1 aromatic rings. The maximum atomic E-state index is 10.6. The van der Waals surface area contributed by atoms with Crippen LogP contribution in [0.25, 0.3) is 0 Å². The van der Waals surface area contributed by atoms with Gasteiger partial charge >= 0.3 is 0 Å². The highest BCUT2D eigenvalue weighted by Crippen LogP contribution is 2.38. The second kappa shape index (κ2) is 2.62. The number of primary amides is 1. The van der Waals surface area contributed by atoms with Crippen molar-refractivity contribution in [1.29, 1.82) is 0 Å². The Kier molecular flexibility index (Phi) is 1.60. The molecule has 0 unspecified atom stereocenters. The zero-order valence-electron chi connectivity index (χ0n) is 6.73. The molecule has 2 N–H and O–H groups in total. The maximum absolute atomic E-state index is 10.6. The molecule has 0 saturated heterocycles. The highest BCUT2D eigenvalue weighted by molar-refractivity contribution is 5.73. The molecule has 1 fully saturated rings. The minimum atomic E-state index is -0.310. The van der Waals surface area contributed by atoms with Crippen molar-refractivity contribution in [2.75, 3.05) is 0 Å². The molecule has 4 nitrogen and oxygen atoms in total. The van der Waals surface area contributed by atoms with Gasteiger partial charge in [0.05, 0.1) is 0 Å². The van der Waals surface area contributed by atoms with Gasteiger partial charge in [0.1, 0.15) is 12.4 Å². The van der Waals surface area contributed by atoms with Gasteiger partial charge in [0.25, 0.3) is 0 Å². The zero-order chi connectivity index (χ0) is 8.55. The van der Waals surface area contributed by atoms with Gasteiger partial charge in [0.15, 0.2) is 0 Å². The molecule has 1 saturated carbocycles. The van der Waals surface area contributed by atoms with E-state index < -0.39 is 0 Å². The van der Waals surface area contributed by atoms with Crippen LogP contribution in [0.1, 0.15) is 24.6 Å². The summed E-state index contributed by atoms with van der Waals surface area (Å²) in [7, 11) is 0. The SMILES string of the molecule is NC(=O)Cn1ccnc1C1CC1. The Morgan fingerprint density at radius 1 is 1.75 bits per heavy atom. The molecule has 0 aliphatic heterocycles. The fourth-order valence-electron chi connectivity index (χ4n) is 1.32. The molecular weight excluding hydrogens is 154 g/mol. The van der Waals surface area contributed by atoms with Crippen molar-refractivity contribution in [3.8, 4) is 0 Å². The first-order valence-corrected chi connectivity index (χ1v) is 4.06. The highest BCUT2D eigenvalue weighted by atomic mass is 16.1. The van der Waals surface area contributed by atoms with Crippen LogP contribution in [0.4, 0.5) is 0 Å². The quantitative estimate of drug-likeness (QED) is 0.697. The van der Waals surface area contributed by atoms with Crippen LogP contribution in [0.2, 0.25) is 0 Å². The Hall–Kier alpha value is -1.32. The summed E-state index contributed by atoms with van der Waals surface area (Å²) in [5.41, 5.74) is 5.09. The van der Waals surface area contributed by atoms with Crippen LogP contribution in [0.5, 0.6) is 0 Å². The predicted molar refractivity (Wildman–Crippen MR) is 43.4 cm³/mol. The van der Waals surface area contributed by atoms with E-state index in [0.29, 0.717) is 5.92 Å². The monoisotopic (exact) mass is 165 g/mol. The Bertz CT molecular complexity index is 301. The Balaban J connectivity index is 2.18. The summed E-state index contributed by atoms with van der Waals surface area (Å²) >= 11 is 0. The summed E-state index contributed by atoms with van der Waals surface area (Å²) in [5.74, 6) is 1.27. The summed E-state index contributed by atoms with van der Waals surface area (Å²) in [6.45, 7) is 0.256. The Morgan fingerprint density at radius 2 is 2.50 bits per heavy atom. The van der Waals surface area contributed by atoms with Crippen molar-refractivity contribution in [1.82, 2.24) is 9.55 Å². The third kappa shape index (κ3) is 1.32. The van der Waals surface area contributed by atoms with Gasteiger partial charge < -0.3 is 10.3 Å². The van der Waals surface area contributed by atoms with Crippen molar-refractivity contribution in [3.05, 3.63) is 18.2 Å². The van der Waals surface area contributed by atoms with Crippen LogP contribution in [-0.2, 0) is 11.3 Å². The number of aromatic nitrogens is 2. The van der Waals surface area contributed by atoms with E-state index in [1.807, 2.05) is 4.57 Å². The highest BCUT2D eigenvalue weighted by Gasteiger charge is 2.27. The first-order valence-electron chi connectivity index (χ1n) is 4.06. The molecule has 1 heterocycles. The molecule has 0 bridgehead atoms. The van der Waals surface area contributed by atoms with Crippen LogP contribution in [0, 0.1) is 0 Å². The summed E-state index contributed by atoms with van der Waals surface area (Å²) in [6, 6.07) is 0. The average molecular weight is 165 g/mol. The van der Waals surface area contributed by atoms with Gasteiger partial charge in [-0.1, -0.05) is 0 Å². The fraction of sp³-hybridized carbons (Fsp3) is 0.500. The molecule has 0 aromatic carbocycles. The van der Waals surface area contributed by atoms with Crippen LogP contribution in [-0.4, -0.2) is 15.5 Å². The third-order valence-electron chi connectivity index (χ3n) is 2.02. The molecule has 1 amide bonds. The topological polar surface area (TPSA) is 60.9 Å². The Morgan fingerprint density at radius 3 is 3.08 bits per heavy atom. The third-order valence-corrected chi connectivity index (χ3v) is 2.02. The van der Waals surface area contributed by atoms with Gasteiger partial charge in [-0.05, 0) is 12.8 Å². The van der Waals surface area contributed by atoms with E-state index in [1.165, 1.54) is 12.8 Å². The smallest absolute Gasteiger partial charge is 0.237 e. The lowest BCUT2D eigenvalue weighted by atomic mass is 10.4. The van der Waals surface area contributed by atoms with Crippen molar-refractivity contribution < 1.29 is 4.79 Å². The lowest BCUT2D eigenvalue weighted by Crippen LogP contribution is -2.19. The summed E-state index contributed by atoms with van der Waals surface area (Å²) in [4.78, 5) is 14.8. The van der Waals surface area contributed by atoms with Crippen LogP contribution in [0.15, 0.2) is 12.4 Å². The first-order chi connectivity index (χ1) is 5.77. The molecule has 0 spiro atoms. The lowest BCUT2D eigenvalue weighted by Gasteiger charge is -2.02. The van der Waals surface area contributed by atoms with Crippen molar-refractivity contribution in [2.24, 2.45) is 5.73 Å². The van der Waals surface area contributed by atoms with E-state index in [2.05, 4.69) is 4.98 Å². The summed E-state index contributed by atoms with van der Waals surface area (Å²) in [5, 5.41) is 0. The second-order valence-corrected chi connectivity index (χ2v) is 3.15. The maximum Gasteiger partial charge on any atom is 0.237 e.